The van der Waals surface area contributed by atoms with Gasteiger partial charge in [-0.25, -0.2) is 0 Å². The molecule has 0 N–H and O–H groups in total. The van der Waals surface area contributed by atoms with Gasteiger partial charge in [0.05, 0.1) is 0 Å². The SMILES string of the molecule is CC(C)(C)c1cc(N2c3cc(-c4ccccc4)cc4c3B(c3cc5ccc6ccc(C(C)(C)C)c7ccc(c32)c5c67)c2cc3ccc5ccc(C(C)(C)C)c6ccc(c2N4c2cc(C(C)(C)C)cc(C(C)(C)C)c2)c3c56)cc(C(C)(C)C)c1. The summed E-state index contributed by atoms with van der Waals surface area (Å²) in [5.41, 5.74) is 21.4. The Morgan fingerprint density at radius 1 is 0.289 bits per heavy atom. The van der Waals surface area contributed by atoms with Crippen molar-refractivity contribution < 1.29 is 0 Å². The smallest absolute Gasteiger partial charge is 0.252 e. The lowest BCUT2D eigenvalue weighted by molar-refractivity contribution is 0.568. The van der Waals surface area contributed by atoms with E-state index in [1.165, 1.54) is 160 Å². The van der Waals surface area contributed by atoms with Gasteiger partial charge in [-0.2, -0.15) is 0 Å². The molecule has 0 fully saturated rings. The standard InChI is InChI=1S/C80H81BN2/c1-75(2,3)52-40-53(76(4,5)6)43-56(42-52)82-66-38-51(46-22-20-19-21-23-46)39-67-72(66)81(64-36-49-26-24-47-28-34-62(79(13,14)15)58-30-32-60(73(64)82)70(49)68(47)58)65-37-50-27-25-48-29-35-63(80(16,17)18)59-31-33-61(71(50)69(48)59)74(65)83(67)57-44-54(77(7,8)9)41-55(45-57)78(10,11)12/h19-45H,1-18H3. The molecule has 0 saturated heterocycles. The second-order valence-electron chi connectivity index (χ2n) is 31.1. The van der Waals surface area contributed by atoms with Crippen molar-refractivity contribution in [3.8, 4) is 11.1 Å². The normalized spacial score (nSPS) is 14.3. The van der Waals surface area contributed by atoms with Gasteiger partial charge in [-0.1, -0.05) is 252 Å². The molecular weight excluding hydrogens is 1000 g/mol. The van der Waals surface area contributed by atoms with Crippen LogP contribution in [0.3, 0.4) is 0 Å². The summed E-state index contributed by atoms with van der Waals surface area (Å²) in [6.07, 6.45) is 0. The third kappa shape index (κ3) is 8.17. The van der Waals surface area contributed by atoms with Crippen molar-refractivity contribution in [2.24, 2.45) is 0 Å². The van der Waals surface area contributed by atoms with Crippen LogP contribution >= 0.6 is 0 Å². The van der Waals surface area contributed by atoms with Crippen LogP contribution in [0.5, 0.6) is 0 Å². The summed E-state index contributed by atoms with van der Waals surface area (Å²) in [5, 5.41) is 15.8. The Morgan fingerprint density at radius 3 is 0.988 bits per heavy atom. The fourth-order valence-corrected chi connectivity index (χ4v) is 14.6. The van der Waals surface area contributed by atoms with E-state index in [-0.39, 0.29) is 39.2 Å². The molecule has 2 aliphatic heterocycles. The number of hydrogen-bond acceptors (Lipinski definition) is 2. The van der Waals surface area contributed by atoms with Crippen LogP contribution in [-0.2, 0) is 32.5 Å². The molecule has 2 heterocycles. The van der Waals surface area contributed by atoms with E-state index in [0.717, 1.165) is 0 Å². The van der Waals surface area contributed by atoms with Gasteiger partial charge in [0.2, 0.25) is 0 Å². The molecule has 0 bridgehead atoms. The van der Waals surface area contributed by atoms with E-state index >= 15 is 0 Å². The van der Waals surface area contributed by atoms with Crippen molar-refractivity contribution in [2.75, 3.05) is 9.80 Å². The third-order valence-electron chi connectivity index (χ3n) is 19.1. The van der Waals surface area contributed by atoms with Gasteiger partial charge in [0, 0.05) is 44.9 Å². The molecule has 0 amide bonds. The zero-order valence-corrected chi connectivity index (χ0v) is 52.6. The van der Waals surface area contributed by atoms with Gasteiger partial charge < -0.3 is 9.80 Å². The first-order chi connectivity index (χ1) is 38.9. The van der Waals surface area contributed by atoms with Crippen molar-refractivity contribution in [1.29, 1.82) is 0 Å². The summed E-state index contributed by atoms with van der Waals surface area (Å²) in [6.45, 7) is 42.6. The molecule has 0 unspecified atom stereocenters. The van der Waals surface area contributed by atoms with Crippen LogP contribution in [0.2, 0.25) is 0 Å². The maximum Gasteiger partial charge on any atom is 0.252 e. The van der Waals surface area contributed by atoms with Gasteiger partial charge in [-0.05, 0) is 184 Å². The molecule has 0 aromatic heterocycles. The lowest BCUT2D eigenvalue weighted by atomic mass is 9.33. The first-order valence-electron chi connectivity index (χ1n) is 30.6. The minimum absolute atomic E-state index is 0.0384. The number of rotatable bonds is 3. The molecule has 2 nitrogen and oxygen atoms in total. The average Bonchev–Trinajstić information content (AvgIpc) is 0.816. The van der Waals surface area contributed by atoms with Crippen molar-refractivity contribution in [3.63, 3.8) is 0 Å². The largest absolute Gasteiger partial charge is 0.311 e. The lowest BCUT2D eigenvalue weighted by Gasteiger charge is -2.46. The van der Waals surface area contributed by atoms with Gasteiger partial charge in [0.1, 0.15) is 0 Å². The minimum Gasteiger partial charge on any atom is -0.311 e. The molecule has 2 aliphatic rings. The molecule has 0 saturated carbocycles. The van der Waals surface area contributed by atoms with Gasteiger partial charge in [0.15, 0.2) is 0 Å². The number of benzene rings is 12. The Kier molecular flexibility index (Phi) is 11.2. The maximum atomic E-state index is 2.74. The van der Waals surface area contributed by atoms with Crippen LogP contribution in [0, 0.1) is 0 Å². The molecule has 0 spiro atoms. The zero-order chi connectivity index (χ0) is 58.6. The second kappa shape index (κ2) is 17.5. The van der Waals surface area contributed by atoms with Crippen molar-refractivity contribution >= 4 is 122 Å². The number of hydrogen-bond donors (Lipinski definition) is 0. The average molecular weight is 1080 g/mol. The van der Waals surface area contributed by atoms with Crippen molar-refractivity contribution in [3.05, 3.63) is 197 Å². The fraction of sp³-hybridized carbons (Fsp3) is 0.300. The van der Waals surface area contributed by atoms with Crippen LogP contribution in [0.15, 0.2) is 164 Å². The maximum absolute atomic E-state index is 2.74. The molecule has 12 aromatic carbocycles. The summed E-state index contributed by atoms with van der Waals surface area (Å²) >= 11 is 0. The first kappa shape index (κ1) is 53.4. The molecule has 0 radical (unpaired) electrons. The quantitative estimate of drug-likeness (QED) is 0.129. The third-order valence-corrected chi connectivity index (χ3v) is 19.1. The van der Waals surface area contributed by atoms with Gasteiger partial charge in [0.25, 0.3) is 6.71 Å². The first-order valence-corrected chi connectivity index (χ1v) is 30.6. The predicted octanol–water partition coefficient (Wildman–Crippen LogP) is 21.0. The topological polar surface area (TPSA) is 6.48 Å². The lowest BCUT2D eigenvalue weighted by Crippen LogP contribution is -2.61. The number of anilines is 6. The van der Waals surface area contributed by atoms with E-state index in [0.29, 0.717) is 0 Å². The molecular formula is C80H81BN2. The van der Waals surface area contributed by atoms with E-state index in [4.69, 9.17) is 0 Å². The summed E-state index contributed by atoms with van der Waals surface area (Å²) in [7, 11) is 0. The zero-order valence-electron chi connectivity index (χ0n) is 52.6. The molecule has 3 heteroatoms. The molecule has 0 atom stereocenters. The van der Waals surface area contributed by atoms with Crippen LogP contribution in [0.25, 0.3) is 75.8 Å². The molecule has 83 heavy (non-hydrogen) atoms. The predicted molar refractivity (Wildman–Crippen MR) is 366 cm³/mol. The minimum atomic E-state index is -0.123. The van der Waals surface area contributed by atoms with Gasteiger partial charge >= 0.3 is 0 Å². The van der Waals surface area contributed by atoms with E-state index in [1.54, 1.807) is 0 Å². The van der Waals surface area contributed by atoms with Crippen molar-refractivity contribution in [2.45, 2.75) is 157 Å². The Balaban J connectivity index is 1.22. The Hall–Kier alpha value is -7.62. The molecule has 414 valence electrons. The van der Waals surface area contributed by atoms with E-state index in [1.807, 2.05) is 0 Å². The van der Waals surface area contributed by atoms with Crippen LogP contribution < -0.4 is 26.2 Å². The van der Waals surface area contributed by atoms with Crippen molar-refractivity contribution in [1.82, 2.24) is 0 Å². The molecule has 0 aliphatic carbocycles. The molecule has 12 aromatic rings. The summed E-state index contributed by atoms with van der Waals surface area (Å²) in [5.74, 6) is 0. The highest BCUT2D eigenvalue weighted by atomic mass is 15.2. The van der Waals surface area contributed by atoms with Gasteiger partial charge in [-0.3, -0.25) is 0 Å². The molecule has 14 rings (SSSR count). The Bertz CT molecular complexity index is 4330. The Labute approximate surface area is 494 Å². The van der Waals surface area contributed by atoms with Crippen LogP contribution in [0.1, 0.15) is 158 Å². The van der Waals surface area contributed by atoms with Gasteiger partial charge in [-0.15, -0.1) is 0 Å². The number of fused-ring (bicyclic) bond motifs is 6. The second-order valence-corrected chi connectivity index (χ2v) is 31.1. The Morgan fingerprint density at radius 2 is 0.627 bits per heavy atom. The highest BCUT2D eigenvalue weighted by Gasteiger charge is 2.46. The summed E-state index contributed by atoms with van der Waals surface area (Å²) in [4.78, 5) is 5.48. The fourth-order valence-electron chi connectivity index (χ4n) is 14.6. The number of nitrogens with zero attached hydrogens (tertiary/aromatic N) is 2. The summed E-state index contributed by atoms with van der Waals surface area (Å²) < 4.78 is 0. The highest BCUT2D eigenvalue weighted by molar-refractivity contribution is 7.01. The van der Waals surface area contributed by atoms with Crippen LogP contribution in [-0.4, -0.2) is 6.71 Å². The van der Waals surface area contributed by atoms with E-state index in [2.05, 4.69) is 298 Å². The monoisotopic (exact) mass is 1080 g/mol. The van der Waals surface area contributed by atoms with E-state index in [9.17, 15) is 0 Å². The van der Waals surface area contributed by atoms with Crippen LogP contribution in [0.4, 0.5) is 34.1 Å². The highest BCUT2D eigenvalue weighted by Crippen LogP contribution is 2.54. The summed E-state index contributed by atoms with van der Waals surface area (Å²) in [6, 6.07) is 65.8. The van der Waals surface area contributed by atoms with E-state index < -0.39 is 0 Å².